The second kappa shape index (κ2) is 18.7. The molecular weight excluding hydrogens is 969 g/mol. The molecule has 0 fully saturated rings. The molecule has 6 aliphatic rings. The van der Waals surface area contributed by atoms with Gasteiger partial charge in [0.2, 0.25) is 0 Å². The monoisotopic (exact) mass is 1030 g/mol. The van der Waals surface area contributed by atoms with Crippen LogP contribution < -0.4 is 9.80 Å². The standard InChI is InChI=1S/C77H66N2O/c1-75(2)64-29-19-16-25-58(64)61-47-45-56(49-69(61)75)78(53-23-10-9-11-24-53)54-41-37-51(38-42-54)52-39-43-55(44-40-52)79(57-46-48-62-59-26-17-20-30-65(59)76(3,4)70(62)50-57)71-34-22-28-63-60-27-18-21-31-66(60)77(74(63)71)67-32-12-5-7-14-35-72(67)80-73-36-15-8-6-13-33-68(73)77/h5,9-13,16-34,37-50,72H,6-8,14-15,35-36H2,1-4H3/b12-5-,33-13-,67-32+. The van der Waals surface area contributed by atoms with Crippen LogP contribution in [-0.4, -0.2) is 6.10 Å². The van der Waals surface area contributed by atoms with Crippen LogP contribution in [0.3, 0.4) is 0 Å². The molecule has 3 heteroatoms. The van der Waals surface area contributed by atoms with E-state index in [0.717, 1.165) is 72.7 Å². The van der Waals surface area contributed by atoms with E-state index in [9.17, 15) is 0 Å². The lowest BCUT2D eigenvalue weighted by molar-refractivity contribution is 0.101. The van der Waals surface area contributed by atoms with Crippen LogP contribution in [0.4, 0.5) is 34.1 Å². The molecule has 0 radical (unpaired) electrons. The number of hydrogen-bond donors (Lipinski definition) is 0. The van der Waals surface area contributed by atoms with Crippen LogP contribution in [0.25, 0.3) is 44.5 Å². The van der Waals surface area contributed by atoms with Crippen LogP contribution in [0.15, 0.2) is 254 Å². The van der Waals surface area contributed by atoms with Gasteiger partial charge in [0.05, 0.1) is 11.1 Å². The topological polar surface area (TPSA) is 15.7 Å². The van der Waals surface area contributed by atoms with Crippen LogP contribution in [0.2, 0.25) is 0 Å². The van der Waals surface area contributed by atoms with Crippen LogP contribution in [0.5, 0.6) is 0 Å². The van der Waals surface area contributed by atoms with Crippen LogP contribution in [0, 0.1) is 0 Å². The van der Waals surface area contributed by atoms with Crippen molar-refractivity contribution in [2.24, 2.45) is 0 Å². The summed E-state index contributed by atoms with van der Waals surface area (Å²) in [6.45, 7) is 9.52. The number of allylic oxidation sites excluding steroid dienone is 7. The second-order valence-corrected chi connectivity index (χ2v) is 24.0. The number of anilines is 6. The van der Waals surface area contributed by atoms with Crippen molar-refractivity contribution >= 4 is 34.1 Å². The van der Waals surface area contributed by atoms with E-state index in [1.54, 1.807) is 0 Å². The number of ether oxygens (including phenoxy) is 1. The molecule has 80 heavy (non-hydrogen) atoms. The lowest BCUT2D eigenvalue weighted by atomic mass is 9.62. The largest absolute Gasteiger partial charge is 0.490 e. The molecule has 1 aliphatic heterocycles. The predicted molar refractivity (Wildman–Crippen MR) is 333 cm³/mol. The fourth-order valence-corrected chi connectivity index (χ4v) is 15.0. The van der Waals surface area contributed by atoms with Gasteiger partial charge in [-0.1, -0.05) is 198 Å². The summed E-state index contributed by atoms with van der Waals surface area (Å²) < 4.78 is 7.32. The average molecular weight is 1040 g/mol. The summed E-state index contributed by atoms with van der Waals surface area (Å²) in [4.78, 5) is 4.99. The highest BCUT2D eigenvalue weighted by atomic mass is 16.5. The molecule has 9 aromatic carbocycles. The Morgan fingerprint density at radius 3 is 1.59 bits per heavy atom. The Kier molecular flexibility index (Phi) is 11.4. The van der Waals surface area contributed by atoms with E-state index in [1.165, 1.54) is 101 Å². The van der Waals surface area contributed by atoms with E-state index in [-0.39, 0.29) is 16.9 Å². The molecular formula is C77H66N2O. The van der Waals surface area contributed by atoms with E-state index in [2.05, 4.69) is 274 Å². The number of benzene rings is 9. The van der Waals surface area contributed by atoms with Gasteiger partial charge in [-0.2, -0.15) is 0 Å². The van der Waals surface area contributed by atoms with Gasteiger partial charge in [0.15, 0.2) is 0 Å². The van der Waals surface area contributed by atoms with E-state index in [1.807, 2.05) is 0 Å². The zero-order valence-corrected chi connectivity index (χ0v) is 46.3. The van der Waals surface area contributed by atoms with Crippen molar-refractivity contribution < 1.29 is 4.74 Å². The third-order valence-electron chi connectivity index (χ3n) is 18.9. The van der Waals surface area contributed by atoms with Gasteiger partial charge in [-0.3, -0.25) is 0 Å². The molecule has 1 heterocycles. The number of rotatable bonds is 7. The smallest absolute Gasteiger partial charge is 0.121 e. The first-order valence-electron chi connectivity index (χ1n) is 29.2. The van der Waals surface area contributed by atoms with Crippen molar-refractivity contribution in [3.63, 3.8) is 0 Å². The van der Waals surface area contributed by atoms with Crippen molar-refractivity contribution in [1.82, 2.24) is 0 Å². The van der Waals surface area contributed by atoms with Gasteiger partial charge >= 0.3 is 0 Å². The quantitative estimate of drug-likeness (QED) is 0.158. The highest BCUT2D eigenvalue weighted by molar-refractivity contribution is 5.96. The van der Waals surface area contributed by atoms with Gasteiger partial charge in [-0.25, -0.2) is 0 Å². The highest BCUT2D eigenvalue weighted by Crippen LogP contribution is 2.65. The third-order valence-corrected chi connectivity index (χ3v) is 18.9. The summed E-state index contributed by atoms with van der Waals surface area (Å²) in [5.41, 5.74) is 27.1. The lowest BCUT2D eigenvalue weighted by Gasteiger charge is -2.47. The van der Waals surface area contributed by atoms with Crippen molar-refractivity contribution in [2.75, 3.05) is 9.80 Å². The molecule has 0 bridgehead atoms. The molecule has 390 valence electrons. The summed E-state index contributed by atoms with van der Waals surface area (Å²) in [6.07, 6.45) is 19.4. The molecule has 9 aromatic rings. The maximum absolute atomic E-state index is 7.32. The summed E-state index contributed by atoms with van der Waals surface area (Å²) in [6, 6.07) is 77.9. The maximum atomic E-state index is 7.32. The van der Waals surface area contributed by atoms with Crippen LogP contribution in [0.1, 0.15) is 106 Å². The van der Waals surface area contributed by atoms with Crippen LogP contribution in [-0.2, 0) is 21.0 Å². The van der Waals surface area contributed by atoms with Gasteiger partial charge in [-0.05, 0) is 183 Å². The lowest BCUT2D eigenvalue weighted by Crippen LogP contribution is -2.42. The molecule has 0 aromatic heterocycles. The molecule has 0 saturated carbocycles. The van der Waals surface area contributed by atoms with E-state index in [4.69, 9.17) is 4.74 Å². The Morgan fingerprint density at radius 1 is 0.425 bits per heavy atom. The summed E-state index contributed by atoms with van der Waals surface area (Å²) in [5.74, 6) is 1.16. The second-order valence-electron chi connectivity index (χ2n) is 24.0. The fourth-order valence-electron chi connectivity index (χ4n) is 15.0. The van der Waals surface area contributed by atoms with Gasteiger partial charge in [0, 0.05) is 56.8 Å². The minimum Gasteiger partial charge on any atom is -0.490 e. The van der Waals surface area contributed by atoms with Gasteiger partial charge < -0.3 is 14.5 Å². The molecule has 1 spiro atoms. The maximum Gasteiger partial charge on any atom is 0.121 e. The third kappa shape index (κ3) is 7.32. The van der Waals surface area contributed by atoms with Crippen molar-refractivity contribution in [3.05, 3.63) is 287 Å². The predicted octanol–water partition coefficient (Wildman–Crippen LogP) is 20.6. The van der Waals surface area contributed by atoms with Crippen molar-refractivity contribution in [3.8, 4) is 44.5 Å². The molecule has 0 N–H and O–H groups in total. The Hall–Kier alpha value is -8.66. The Bertz CT molecular complexity index is 4070. The SMILES string of the molecule is CC1(C)c2ccccc2-c2ccc(N(c3ccccc3)c3ccc(-c4ccc(N(c5ccc6c(c5)C(C)(C)c5ccccc5-6)c5cccc6c5C5(C7=C(CCCC/C=C\7)OC7CCC/C=C\C=C/75)c5ccccc5-6)cc4)cc3)cc21. The van der Waals surface area contributed by atoms with Gasteiger partial charge in [0.1, 0.15) is 11.9 Å². The normalized spacial score (nSPS) is 20.8. The first-order chi connectivity index (χ1) is 39.2. The van der Waals surface area contributed by atoms with E-state index >= 15 is 0 Å². The fraction of sp³-hybridized carbons (Fsp3) is 0.195. The zero-order valence-electron chi connectivity index (χ0n) is 46.3. The van der Waals surface area contributed by atoms with E-state index in [0.29, 0.717) is 0 Å². The highest BCUT2D eigenvalue weighted by Gasteiger charge is 2.55. The Morgan fingerprint density at radius 2 is 0.938 bits per heavy atom. The molecule has 15 rings (SSSR count). The number of nitrogens with zero attached hydrogens (tertiary/aromatic N) is 2. The molecule has 2 atom stereocenters. The minimum atomic E-state index is -0.572. The Balaban J connectivity index is 0.881. The summed E-state index contributed by atoms with van der Waals surface area (Å²) in [7, 11) is 0. The summed E-state index contributed by atoms with van der Waals surface area (Å²) in [5, 5.41) is 0. The van der Waals surface area contributed by atoms with E-state index < -0.39 is 5.41 Å². The first-order valence-corrected chi connectivity index (χ1v) is 29.2. The number of fused-ring (bicyclic) bond motifs is 14. The van der Waals surface area contributed by atoms with Crippen molar-refractivity contribution in [2.45, 2.75) is 95.0 Å². The number of para-hydroxylation sites is 1. The Labute approximate surface area is 472 Å². The first kappa shape index (κ1) is 48.5. The zero-order chi connectivity index (χ0) is 53.7. The molecule has 2 unspecified atom stereocenters. The van der Waals surface area contributed by atoms with Crippen molar-refractivity contribution in [1.29, 1.82) is 0 Å². The summed E-state index contributed by atoms with van der Waals surface area (Å²) >= 11 is 0. The number of hydrogen-bond acceptors (Lipinski definition) is 3. The average Bonchev–Trinajstić information content (AvgIpc) is 4.22. The minimum absolute atomic E-state index is 0.0322. The van der Waals surface area contributed by atoms with Gasteiger partial charge in [0.25, 0.3) is 0 Å². The molecule has 0 amide bonds. The van der Waals surface area contributed by atoms with Crippen LogP contribution >= 0.6 is 0 Å². The molecule has 0 saturated heterocycles. The van der Waals surface area contributed by atoms with Gasteiger partial charge in [-0.15, -0.1) is 0 Å². The molecule has 3 nitrogen and oxygen atoms in total. The molecule has 5 aliphatic carbocycles.